The molecule has 2 atom stereocenters. The van der Waals surface area contributed by atoms with Gasteiger partial charge in [0.1, 0.15) is 0 Å². The van der Waals surface area contributed by atoms with E-state index in [-0.39, 0.29) is 29.4 Å². The van der Waals surface area contributed by atoms with Crippen molar-refractivity contribution in [1.82, 2.24) is 15.5 Å². The van der Waals surface area contributed by atoms with Gasteiger partial charge in [0.25, 0.3) is 5.91 Å². The second-order valence-corrected chi connectivity index (χ2v) is 8.96. The molecule has 2 amide bonds. The van der Waals surface area contributed by atoms with E-state index in [1.165, 1.54) is 6.07 Å². The van der Waals surface area contributed by atoms with Crippen LogP contribution in [0, 0.1) is 0 Å². The molecule has 2 aromatic rings. The summed E-state index contributed by atoms with van der Waals surface area (Å²) in [5, 5.41) is 7.88. The van der Waals surface area contributed by atoms with Gasteiger partial charge >= 0.3 is 0 Å². The van der Waals surface area contributed by atoms with Crippen molar-refractivity contribution in [3.05, 3.63) is 67.6 Å². The van der Waals surface area contributed by atoms with Crippen LogP contribution in [-0.4, -0.2) is 48.4 Å². The Bertz CT molecular complexity index is 972. The van der Waals surface area contributed by atoms with Crippen LogP contribution in [0.3, 0.4) is 0 Å². The number of carbonyl (C=O) groups excluding carboxylic acids is 2. The number of carbonyl (C=O) groups is 2. The zero-order chi connectivity index (χ0) is 22.5. The Morgan fingerprint density at radius 1 is 1.10 bits per heavy atom. The monoisotopic (exact) mass is 502 g/mol. The van der Waals surface area contributed by atoms with Crippen molar-refractivity contribution in [2.75, 3.05) is 19.6 Å². The zero-order valence-corrected chi connectivity index (χ0v) is 19.5. The van der Waals surface area contributed by atoms with E-state index in [0.29, 0.717) is 46.7 Å². The lowest BCUT2D eigenvalue weighted by Crippen LogP contribution is -2.52. The van der Waals surface area contributed by atoms with Crippen molar-refractivity contribution in [3.8, 4) is 0 Å². The molecule has 1 heterocycles. The lowest BCUT2D eigenvalue weighted by atomic mass is 10.1. The maximum atomic E-state index is 12.9. The molecule has 6 nitrogen and oxygen atoms in total. The molecule has 1 fully saturated rings. The SMILES string of the molecule is NC[C@H]1N[C@@H](CNC(=O)c2ccc(Cl)cc2Cl)CCN(Cc2ccc(Cl)cc2Cl)C1=O. The summed E-state index contributed by atoms with van der Waals surface area (Å²) in [5.74, 6) is -0.420. The molecule has 166 valence electrons. The van der Waals surface area contributed by atoms with Crippen LogP contribution in [0.4, 0.5) is 0 Å². The third-order valence-corrected chi connectivity index (χ3v) is 6.23. The van der Waals surface area contributed by atoms with Crippen molar-refractivity contribution in [3.63, 3.8) is 0 Å². The molecule has 3 rings (SSSR count). The van der Waals surface area contributed by atoms with Crippen LogP contribution in [0.15, 0.2) is 36.4 Å². The summed E-state index contributed by atoms with van der Waals surface area (Å²) < 4.78 is 0. The zero-order valence-electron chi connectivity index (χ0n) is 16.5. The lowest BCUT2D eigenvalue weighted by molar-refractivity contribution is -0.133. The fourth-order valence-corrected chi connectivity index (χ4v) is 4.37. The molecule has 0 bridgehead atoms. The fraction of sp³-hybridized carbons (Fsp3) is 0.333. The molecule has 1 aliphatic rings. The molecule has 0 unspecified atom stereocenters. The van der Waals surface area contributed by atoms with E-state index in [1.807, 2.05) is 0 Å². The van der Waals surface area contributed by atoms with Crippen molar-refractivity contribution in [1.29, 1.82) is 0 Å². The Morgan fingerprint density at radius 3 is 2.42 bits per heavy atom. The Balaban J connectivity index is 1.65. The summed E-state index contributed by atoms with van der Waals surface area (Å²) in [7, 11) is 0. The third kappa shape index (κ3) is 6.25. The van der Waals surface area contributed by atoms with Crippen LogP contribution in [0.2, 0.25) is 20.1 Å². The number of nitrogens with zero attached hydrogens (tertiary/aromatic N) is 1. The van der Waals surface area contributed by atoms with Crippen LogP contribution in [-0.2, 0) is 11.3 Å². The third-order valence-electron chi connectivity index (χ3n) is 5.09. The van der Waals surface area contributed by atoms with Gasteiger partial charge < -0.3 is 21.3 Å². The Labute approximate surface area is 201 Å². The molecule has 0 saturated carbocycles. The van der Waals surface area contributed by atoms with Crippen LogP contribution >= 0.6 is 46.4 Å². The van der Waals surface area contributed by atoms with Gasteiger partial charge in [0, 0.05) is 47.3 Å². The molecule has 0 spiro atoms. The molecule has 2 aromatic carbocycles. The van der Waals surface area contributed by atoms with Gasteiger partial charge in [-0.3, -0.25) is 9.59 Å². The number of hydrogen-bond acceptors (Lipinski definition) is 4. The Morgan fingerprint density at radius 2 is 1.77 bits per heavy atom. The number of amides is 2. The molecule has 0 radical (unpaired) electrons. The van der Waals surface area contributed by atoms with E-state index in [4.69, 9.17) is 52.1 Å². The first-order chi connectivity index (χ1) is 14.8. The van der Waals surface area contributed by atoms with Crippen LogP contribution in [0.5, 0.6) is 0 Å². The van der Waals surface area contributed by atoms with Crippen molar-refractivity contribution in [2.45, 2.75) is 25.0 Å². The minimum atomic E-state index is -0.561. The minimum Gasteiger partial charge on any atom is -0.350 e. The first kappa shape index (κ1) is 24.1. The minimum absolute atomic E-state index is 0.108. The molecule has 0 aromatic heterocycles. The van der Waals surface area contributed by atoms with Crippen molar-refractivity contribution < 1.29 is 9.59 Å². The van der Waals surface area contributed by atoms with Gasteiger partial charge in [0.2, 0.25) is 5.91 Å². The quantitative estimate of drug-likeness (QED) is 0.560. The van der Waals surface area contributed by atoms with Gasteiger partial charge in [-0.2, -0.15) is 0 Å². The van der Waals surface area contributed by atoms with E-state index in [1.54, 1.807) is 35.2 Å². The summed E-state index contributed by atoms with van der Waals surface area (Å²) in [4.78, 5) is 27.2. The standard InChI is InChI=1S/C21H22Cl4N4O2/c22-13-2-1-12(17(24)7-13)11-29-6-5-15(28-19(9-26)21(29)31)10-27-20(30)16-4-3-14(23)8-18(16)25/h1-4,7-8,15,19,28H,5-6,9-11,26H2,(H,27,30)/t15-,19-/m1/s1. The number of hydrogen-bond donors (Lipinski definition) is 3. The number of nitrogens with one attached hydrogen (secondary N) is 2. The van der Waals surface area contributed by atoms with Gasteiger partial charge in [-0.1, -0.05) is 52.5 Å². The molecule has 1 saturated heterocycles. The number of benzene rings is 2. The van der Waals surface area contributed by atoms with Gasteiger partial charge in [-0.15, -0.1) is 0 Å². The van der Waals surface area contributed by atoms with Crippen molar-refractivity contribution in [2.24, 2.45) is 5.73 Å². The molecule has 10 heteroatoms. The van der Waals surface area contributed by atoms with E-state index in [0.717, 1.165) is 5.56 Å². The van der Waals surface area contributed by atoms with Gasteiger partial charge in [0.15, 0.2) is 0 Å². The van der Waals surface area contributed by atoms with E-state index >= 15 is 0 Å². The topological polar surface area (TPSA) is 87.5 Å². The smallest absolute Gasteiger partial charge is 0.252 e. The highest BCUT2D eigenvalue weighted by Crippen LogP contribution is 2.24. The number of halogens is 4. The Hall–Kier alpha value is -1.54. The highest BCUT2D eigenvalue weighted by molar-refractivity contribution is 6.36. The van der Waals surface area contributed by atoms with E-state index < -0.39 is 6.04 Å². The first-order valence-corrected chi connectivity index (χ1v) is 11.2. The van der Waals surface area contributed by atoms with Gasteiger partial charge in [0.05, 0.1) is 16.6 Å². The van der Waals surface area contributed by atoms with E-state index in [9.17, 15) is 9.59 Å². The average molecular weight is 504 g/mol. The normalized spacial score (nSPS) is 19.3. The molecular formula is C21H22Cl4N4O2. The van der Waals surface area contributed by atoms with E-state index in [2.05, 4.69) is 10.6 Å². The average Bonchev–Trinajstić information content (AvgIpc) is 2.87. The molecule has 4 N–H and O–H groups in total. The predicted octanol–water partition coefficient (Wildman–Crippen LogP) is 3.75. The van der Waals surface area contributed by atoms with Crippen LogP contribution < -0.4 is 16.4 Å². The summed E-state index contributed by atoms with van der Waals surface area (Å²) in [6.07, 6.45) is 0.627. The van der Waals surface area contributed by atoms with Gasteiger partial charge in [-0.25, -0.2) is 0 Å². The second kappa shape index (κ2) is 10.9. The van der Waals surface area contributed by atoms with Crippen molar-refractivity contribution >= 4 is 58.2 Å². The predicted molar refractivity (Wildman–Crippen MR) is 125 cm³/mol. The number of rotatable bonds is 6. The number of nitrogens with two attached hydrogens (primary N) is 1. The summed E-state index contributed by atoms with van der Waals surface area (Å²) in [6.45, 7) is 1.30. The summed E-state index contributed by atoms with van der Waals surface area (Å²) in [6, 6.07) is 9.20. The summed E-state index contributed by atoms with van der Waals surface area (Å²) >= 11 is 24.2. The van der Waals surface area contributed by atoms with Gasteiger partial charge in [-0.05, 0) is 42.3 Å². The Kier molecular flexibility index (Phi) is 8.44. The molecule has 0 aliphatic carbocycles. The lowest BCUT2D eigenvalue weighted by Gasteiger charge is -2.24. The molecular weight excluding hydrogens is 482 g/mol. The molecule has 31 heavy (non-hydrogen) atoms. The fourth-order valence-electron chi connectivity index (χ4n) is 3.41. The summed E-state index contributed by atoms with van der Waals surface area (Å²) in [5.41, 5.74) is 6.98. The highest BCUT2D eigenvalue weighted by atomic mass is 35.5. The molecule has 1 aliphatic heterocycles. The first-order valence-electron chi connectivity index (χ1n) is 9.70. The van der Waals surface area contributed by atoms with Crippen LogP contribution in [0.25, 0.3) is 0 Å². The highest BCUT2D eigenvalue weighted by Gasteiger charge is 2.30. The maximum Gasteiger partial charge on any atom is 0.252 e. The largest absolute Gasteiger partial charge is 0.350 e. The maximum absolute atomic E-state index is 12.9. The van der Waals surface area contributed by atoms with Crippen LogP contribution in [0.1, 0.15) is 22.3 Å². The second-order valence-electron chi connectivity index (χ2n) is 7.27.